The summed E-state index contributed by atoms with van der Waals surface area (Å²) >= 11 is 0. The van der Waals surface area contributed by atoms with Crippen molar-refractivity contribution in [2.24, 2.45) is 0 Å². The third-order valence-corrected chi connectivity index (χ3v) is 7.40. The van der Waals surface area contributed by atoms with Crippen molar-refractivity contribution in [1.82, 2.24) is 9.62 Å². The van der Waals surface area contributed by atoms with Crippen LogP contribution in [0, 0.1) is 0 Å². The lowest BCUT2D eigenvalue weighted by Crippen LogP contribution is -2.47. The van der Waals surface area contributed by atoms with Crippen LogP contribution < -0.4 is 14.8 Å². The number of benzene rings is 2. The number of carbonyl (C=O) groups is 2. The number of rotatable bonds is 18. The van der Waals surface area contributed by atoms with E-state index in [-0.39, 0.29) is 42.8 Å². The molecular formula is C31H47N3O8S. The molecule has 11 nitrogen and oxygen atoms in total. The molecule has 0 aliphatic rings. The Morgan fingerprint density at radius 1 is 0.977 bits per heavy atom. The zero-order chi connectivity index (χ0) is 32.0. The lowest BCUT2D eigenvalue weighted by Gasteiger charge is -2.28. The molecule has 0 heterocycles. The van der Waals surface area contributed by atoms with Gasteiger partial charge in [0.15, 0.2) is 6.29 Å². The maximum atomic E-state index is 13.8. The Labute approximate surface area is 256 Å². The quantitative estimate of drug-likeness (QED) is 0.184. The minimum Gasteiger partial charge on any atom is -0.487 e. The summed E-state index contributed by atoms with van der Waals surface area (Å²) in [5.74, 6) is -0.779. The van der Waals surface area contributed by atoms with Crippen molar-refractivity contribution in [2.45, 2.75) is 83.3 Å². The number of anilines is 1. The molecule has 0 spiro atoms. The molecular weight excluding hydrogens is 574 g/mol. The summed E-state index contributed by atoms with van der Waals surface area (Å²) in [4.78, 5) is 27.1. The largest absolute Gasteiger partial charge is 0.487 e. The smallest absolute Gasteiger partial charge is 0.308 e. The number of esters is 1. The molecule has 0 bridgehead atoms. The highest BCUT2D eigenvalue weighted by Gasteiger charge is 2.33. The maximum Gasteiger partial charge on any atom is 0.308 e. The molecule has 2 aromatic rings. The molecule has 0 fully saturated rings. The first-order chi connectivity index (χ1) is 20.2. The third kappa shape index (κ3) is 13.4. The Morgan fingerprint density at radius 3 is 2.21 bits per heavy atom. The highest BCUT2D eigenvalue weighted by Crippen LogP contribution is 2.29. The molecule has 0 saturated carbocycles. The zero-order valence-electron chi connectivity index (χ0n) is 26.3. The van der Waals surface area contributed by atoms with E-state index in [1.54, 1.807) is 34.6 Å². The number of amides is 1. The van der Waals surface area contributed by atoms with Crippen LogP contribution in [0.3, 0.4) is 0 Å². The van der Waals surface area contributed by atoms with Gasteiger partial charge in [0.2, 0.25) is 15.9 Å². The number of carbonyl (C=O) groups excluding carboxylic acids is 2. The monoisotopic (exact) mass is 621 g/mol. The van der Waals surface area contributed by atoms with Crippen LogP contribution in [0.2, 0.25) is 0 Å². The number of hydrogen-bond donors (Lipinski definition) is 2. The molecule has 0 radical (unpaired) electrons. The second-order valence-electron chi connectivity index (χ2n) is 11.2. The first-order valence-corrected chi connectivity index (χ1v) is 15.9. The van der Waals surface area contributed by atoms with Crippen molar-refractivity contribution in [1.29, 1.82) is 0 Å². The summed E-state index contributed by atoms with van der Waals surface area (Å²) < 4.78 is 53.0. The number of ether oxygens (including phenoxy) is 4. The van der Waals surface area contributed by atoms with E-state index in [2.05, 4.69) is 10.0 Å². The summed E-state index contributed by atoms with van der Waals surface area (Å²) in [6.07, 6.45) is -0.399. The summed E-state index contributed by atoms with van der Waals surface area (Å²) in [5, 5.41) is 2.82. The Balaban J connectivity index is 2.41. The fourth-order valence-corrected chi connectivity index (χ4v) is 5.41. The van der Waals surface area contributed by atoms with Crippen LogP contribution in [-0.4, -0.2) is 77.0 Å². The van der Waals surface area contributed by atoms with Gasteiger partial charge in [0, 0.05) is 31.4 Å². The minimum absolute atomic E-state index is 0.0304. The van der Waals surface area contributed by atoms with Crippen LogP contribution >= 0.6 is 0 Å². The number of hydrogen-bond acceptors (Lipinski definition) is 9. The molecule has 2 N–H and O–H groups in total. The molecule has 240 valence electrons. The fraction of sp³-hybridized carbons (Fsp3) is 0.548. The van der Waals surface area contributed by atoms with Gasteiger partial charge in [0.25, 0.3) is 0 Å². The standard InChI is InChI=1S/C31H47N3O8S/c1-8-39-30(40-9-2)25(21-29(36)42-31(3,4)5)33-43(37,38)27-18-17-24(32-28(35)16-13-19-34(6)7)20-26(27)41-22-23-14-11-10-12-15-23/h10-12,14-15,17-18,20,25,30,33H,8-9,13,16,19,21-22H2,1-7H3,(H,32,35). The van der Waals surface area contributed by atoms with Crippen molar-refractivity contribution < 1.29 is 37.0 Å². The van der Waals surface area contributed by atoms with E-state index in [9.17, 15) is 18.0 Å². The molecule has 0 aliphatic heterocycles. The number of nitrogens with one attached hydrogen (secondary N) is 2. The van der Waals surface area contributed by atoms with Crippen LogP contribution in [0.5, 0.6) is 5.75 Å². The Morgan fingerprint density at radius 2 is 1.63 bits per heavy atom. The molecule has 43 heavy (non-hydrogen) atoms. The van der Waals surface area contributed by atoms with Gasteiger partial charge < -0.3 is 29.2 Å². The highest BCUT2D eigenvalue weighted by atomic mass is 32.2. The third-order valence-electron chi connectivity index (χ3n) is 5.87. The second kappa shape index (κ2) is 17.3. The normalized spacial score (nSPS) is 12.8. The average Bonchev–Trinajstić information content (AvgIpc) is 2.90. The highest BCUT2D eigenvalue weighted by molar-refractivity contribution is 7.89. The summed E-state index contributed by atoms with van der Waals surface area (Å²) in [5.41, 5.74) is 0.453. The van der Waals surface area contributed by atoms with Crippen molar-refractivity contribution in [3.8, 4) is 5.75 Å². The molecule has 2 rings (SSSR count). The van der Waals surface area contributed by atoms with Gasteiger partial charge in [-0.15, -0.1) is 0 Å². The van der Waals surface area contributed by atoms with Crippen LogP contribution in [0.15, 0.2) is 53.4 Å². The average molecular weight is 622 g/mol. The molecule has 0 saturated heterocycles. The summed E-state index contributed by atoms with van der Waals surface area (Å²) in [6, 6.07) is 12.5. The van der Waals surface area contributed by atoms with Crippen molar-refractivity contribution >= 4 is 27.6 Å². The van der Waals surface area contributed by atoms with E-state index in [0.717, 1.165) is 12.1 Å². The minimum atomic E-state index is -4.30. The van der Waals surface area contributed by atoms with Gasteiger partial charge >= 0.3 is 5.97 Å². The SMILES string of the molecule is CCOC(OCC)C(CC(=O)OC(C)(C)C)NS(=O)(=O)c1ccc(NC(=O)CCCN(C)C)cc1OCc1ccccc1. The van der Waals surface area contributed by atoms with Gasteiger partial charge in [-0.2, -0.15) is 0 Å². The first kappa shape index (κ1) is 36.2. The molecule has 1 unspecified atom stereocenters. The lowest BCUT2D eigenvalue weighted by molar-refractivity contribution is -0.169. The van der Waals surface area contributed by atoms with Crippen molar-refractivity contribution in [2.75, 3.05) is 39.2 Å². The number of nitrogens with zero attached hydrogens (tertiary/aromatic N) is 1. The molecule has 0 aliphatic carbocycles. The second-order valence-corrected chi connectivity index (χ2v) is 12.9. The van der Waals surface area contributed by atoms with Gasteiger partial charge in [0.05, 0.1) is 12.5 Å². The van der Waals surface area contributed by atoms with Gasteiger partial charge in [-0.05, 0) is 79.4 Å². The Hall–Kier alpha value is -3.03. The molecule has 12 heteroatoms. The van der Waals surface area contributed by atoms with E-state index >= 15 is 0 Å². The van der Waals surface area contributed by atoms with E-state index in [1.807, 2.05) is 49.3 Å². The van der Waals surface area contributed by atoms with Crippen LogP contribution in [0.1, 0.15) is 59.4 Å². The topological polar surface area (TPSA) is 132 Å². The summed E-state index contributed by atoms with van der Waals surface area (Å²) in [7, 11) is -0.425. The molecule has 1 amide bonds. The predicted octanol–water partition coefficient (Wildman–Crippen LogP) is 4.32. The first-order valence-electron chi connectivity index (χ1n) is 14.5. The summed E-state index contributed by atoms with van der Waals surface area (Å²) in [6.45, 7) is 9.98. The van der Waals surface area contributed by atoms with Crippen LogP contribution in [0.25, 0.3) is 0 Å². The van der Waals surface area contributed by atoms with E-state index in [0.29, 0.717) is 18.5 Å². The molecule has 1 atom stereocenters. The maximum absolute atomic E-state index is 13.8. The van der Waals surface area contributed by atoms with E-state index in [1.165, 1.54) is 18.2 Å². The number of sulfonamides is 1. The van der Waals surface area contributed by atoms with Crippen LogP contribution in [-0.2, 0) is 40.4 Å². The van der Waals surface area contributed by atoms with E-state index in [4.69, 9.17) is 18.9 Å². The van der Waals surface area contributed by atoms with Gasteiger partial charge in [0.1, 0.15) is 22.9 Å². The van der Waals surface area contributed by atoms with Gasteiger partial charge in [-0.25, -0.2) is 13.1 Å². The zero-order valence-corrected chi connectivity index (χ0v) is 27.2. The van der Waals surface area contributed by atoms with Crippen molar-refractivity contribution in [3.05, 3.63) is 54.1 Å². The van der Waals surface area contributed by atoms with Crippen LogP contribution in [0.4, 0.5) is 5.69 Å². The van der Waals surface area contributed by atoms with Crippen molar-refractivity contribution in [3.63, 3.8) is 0 Å². The predicted molar refractivity (Wildman–Crippen MR) is 165 cm³/mol. The van der Waals surface area contributed by atoms with Gasteiger partial charge in [-0.1, -0.05) is 30.3 Å². The van der Waals surface area contributed by atoms with E-state index < -0.39 is 33.9 Å². The molecule has 0 aromatic heterocycles. The Kier molecular flexibility index (Phi) is 14.6. The molecule has 2 aromatic carbocycles. The van der Waals surface area contributed by atoms with Gasteiger partial charge in [-0.3, -0.25) is 9.59 Å². The Bertz CT molecular complexity index is 1260. The lowest BCUT2D eigenvalue weighted by atomic mass is 10.1. The fourth-order valence-electron chi connectivity index (χ4n) is 4.06.